The second kappa shape index (κ2) is 5.21. The standard InChI is InChI=1S/C10H14N2O3/c1-3-15-10(13)8-6-7(12-11)4-5-9(8)14-2/h4-6,12H,3,11H2,1-2H3. The zero-order chi connectivity index (χ0) is 11.3. The highest BCUT2D eigenvalue weighted by Gasteiger charge is 2.13. The minimum atomic E-state index is -0.425. The lowest BCUT2D eigenvalue weighted by atomic mass is 10.2. The molecule has 0 radical (unpaired) electrons. The Morgan fingerprint density at radius 3 is 2.80 bits per heavy atom. The number of ether oxygens (including phenoxy) is 2. The van der Waals surface area contributed by atoms with Crippen molar-refractivity contribution in [2.45, 2.75) is 6.92 Å². The second-order valence-corrected chi connectivity index (χ2v) is 2.78. The zero-order valence-electron chi connectivity index (χ0n) is 8.74. The van der Waals surface area contributed by atoms with Crippen LogP contribution in [0.15, 0.2) is 18.2 Å². The number of hydrazine groups is 1. The Balaban J connectivity index is 3.05. The first-order valence-corrected chi connectivity index (χ1v) is 4.54. The number of nitrogens with two attached hydrogens (primary N) is 1. The van der Waals surface area contributed by atoms with Crippen molar-refractivity contribution in [1.29, 1.82) is 0 Å². The first-order valence-electron chi connectivity index (χ1n) is 4.54. The smallest absolute Gasteiger partial charge is 0.341 e. The molecule has 5 heteroatoms. The van der Waals surface area contributed by atoms with Crippen molar-refractivity contribution >= 4 is 11.7 Å². The number of rotatable bonds is 4. The molecular weight excluding hydrogens is 196 g/mol. The van der Waals surface area contributed by atoms with E-state index >= 15 is 0 Å². The summed E-state index contributed by atoms with van der Waals surface area (Å²) in [6.07, 6.45) is 0. The van der Waals surface area contributed by atoms with Gasteiger partial charge in [0.15, 0.2) is 0 Å². The Morgan fingerprint density at radius 1 is 1.53 bits per heavy atom. The van der Waals surface area contributed by atoms with Gasteiger partial charge >= 0.3 is 5.97 Å². The molecule has 5 nitrogen and oxygen atoms in total. The Hall–Kier alpha value is -1.75. The van der Waals surface area contributed by atoms with Crippen molar-refractivity contribution in [1.82, 2.24) is 0 Å². The number of anilines is 1. The van der Waals surface area contributed by atoms with Gasteiger partial charge in [-0.05, 0) is 25.1 Å². The number of nitrogen functional groups attached to an aromatic ring is 1. The predicted octanol–water partition coefficient (Wildman–Crippen LogP) is 1.16. The average Bonchev–Trinajstić information content (AvgIpc) is 2.28. The molecule has 0 bridgehead atoms. The normalized spacial score (nSPS) is 9.53. The molecule has 0 aliphatic rings. The lowest BCUT2D eigenvalue weighted by Gasteiger charge is -2.09. The van der Waals surface area contributed by atoms with E-state index in [4.69, 9.17) is 15.3 Å². The molecule has 0 amide bonds. The van der Waals surface area contributed by atoms with Gasteiger partial charge in [0.1, 0.15) is 11.3 Å². The molecule has 82 valence electrons. The fourth-order valence-electron chi connectivity index (χ4n) is 1.17. The third-order valence-corrected chi connectivity index (χ3v) is 1.86. The number of carbonyl (C=O) groups is 1. The highest BCUT2D eigenvalue weighted by molar-refractivity contribution is 5.93. The molecule has 0 aliphatic heterocycles. The largest absolute Gasteiger partial charge is 0.496 e. The molecule has 1 aromatic carbocycles. The van der Waals surface area contributed by atoms with E-state index in [0.29, 0.717) is 23.6 Å². The summed E-state index contributed by atoms with van der Waals surface area (Å²) in [4.78, 5) is 11.5. The van der Waals surface area contributed by atoms with Gasteiger partial charge in [-0.25, -0.2) is 4.79 Å². The number of hydrogen-bond donors (Lipinski definition) is 2. The summed E-state index contributed by atoms with van der Waals surface area (Å²) in [5, 5.41) is 0. The van der Waals surface area contributed by atoms with Gasteiger partial charge in [0.2, 0.25) is 0 Å². The summed E-state index contributed by atoms with van der Waals surface area (Å²) in [5.41, 5.74) is 3.43. The van der Waals surface area contributed by atoms with Crippen LogP contribution in [0.3, 0.4) is 0 Å². The van der Waals surface area contributed by atoms with Crippen LogP contribution in [-0.4, -0.2) is 19.7 Å². The Morgan fingerprint density at radius 2 is 2.27 bits per heavy atom. The first-order chi connectivity index (χ1) is 7.22. The van der Waals surface area contributed by atoms with Crippen LogP contribution in [0.1, 0.15) is 17.3 Å². The summed E-state index contributed by atoms with van der Waals surface area (Å²) in [7, 11) is 1.49. The number of nitrogens with one attached hydrogen (secondary N) is 1. The van der Waals surface area contributed by atoms with E-state index in [2.05, 4.69) is 5.43 Å². The Labute approximate surface area is 88.1 Å². The van der Waals surface area contributed by atoms with E-state index in [0.717, 1.165) is 0 Å². The molecule has 0 fully saturated rings. The third-order valence-electron chi connectivity index (χ3n) is 1.86. The minimum absolute atomic E-state index is 0.322. The van der Waals surface area contributed by atoms with Crippen molar-refractivity contribution in [3.8, 4) is 5.75 Å². The second-order valence-electron chi connectivity index (χ2n) is 2.78. The highest BCUT2D eigenvalue weighted by Crippen LogP contribution is 2.22. The van der Waals surface area contributed by atoms with E-state index in [9.17, 15) is 4.79 Å². The van der Waals surface area contributed by atoms with Gasteiger partial charge in [-0.2, -0.15) is 0 Å². The van der Waals surface area contributed by atoms with Gasteiger partial charge in [-0.1, -0.05) is 0 Å². The van der Waals surface area contributed by atoms with Gasteiger partial charge in [0.05, 0.1) is 13.7 Å². The van der Waals surface area contributed by atoms with Crippen LogP contribution in [0.5, 0.6) is 5.75 Å². The van der Waals surface area contributed by atoms with Crippen LogP contribution >= 0.6 is 0 Å². The van der Waals surface area contributed by atoms with Gasteiger partial charge in [-0.15, -0.1) is 0 Å². The summed E-state index contributed by atoms with van der Waals surface area (Å²) >= 11 is 0. The number of carbonyl (C=O) groups excluding carboxylic acids is 1. The monoisotopic (exact) mass is 210 g/mol. The lowest BCUT2D eigenvalue weighted by molar-refractivity contribution is 0.0523. The number of methoxy groups -OCH3 is 1. The summed E-state index contributed by atoms with van der Waals surface area (Å²) in [6, 6.07) is 4.94. The Kier molecular flexibility index (Phi) is 3.93. The molecule has 3 N–H and O–H groups in total. The van der Waals surface area contributed by atoms with E-state index in [1.807, 2.05) is 0 Å². The van der Waals surface area contributed by atoms with Crippen molar-refractivity contribution in [3.05, 3.63) is 23.8 Å². The molecule has 0 atom stereocenters. The number of benzene rings is 1. The fraction of sp³-hybridized carbons (Fsp3) is 0.300. The highest BCUT2D eigenvalue weighted by atomic mass is 16.5. The molecular formula is C10H14N2O3. The topological polar surface area (TPSA) is 73.6 Å². The van der Waals surface area contributed by atoms with Crippen LogP contribution in [0.2, 0.25) is 0 Å². The molecule has 1 aromatic rings. The predicted molar refractivity (Wildman–Crippen MR) is 56.8 cm³/mol. The van der Waals surface area contributed by atoms with Crippen LogP contribution in [0.25, 0.3) is 0 Å². The molecule has 0 saturated heterocycles. The maximum Gasteiger partial charge on any atom is 0.341 e. The summed E-state index contributed by atoms with van der Waals surface area (Å²) < 4.78 is 9.93. The molecule has 0 aromatic heterocycles. The van der Waals surface area contributed by atoms with E-state index in [1.165, 1.54) is 7.11 Å². The summed E-state index contributed by atoms with van der Waals surface area (Å²) in [5.74, 6) is 5.28. The van der Waals surface area contributed by atoms with Gasteiger partial charge < -0.3 is 14.9 Å². The van der Waals surface area contributed by atoms with Crippen molar-refractivity contribution in [2.24, 2.45) is 5.84 Å². The third kappa shape index (κ3) is 2.60. The Bertz CT molecular complexity index is 353. The van der Waals surface area contributed by atoms with Crippen LogP contribution in [-0.2, 0) is 4.74 Å². The van der Waals surface area contributed by atoms with Crippen molar-refractivity contribution in [3.63, 3.8) is 0 Å². The zero-order valence-corrected chi connectivity index (χ0v) is 8.74. The molecule has 0 saturated carbocycles. The van der Waals surface area contributed by atoms with E-state index in [1.54, 1.807) is 25.1 Å². The molecule has 0 heterocycles. The van der Waals surface area contributed by atoms with Gasteiger partial charge in [-0.3, -0.25) is 5.84 Å². The van der Waals surface area contributed by atoms with Crippen molar-refractivity contribution < 1.29 is 14.3 Å². The first kappa shape index (κ1) is 11.3. The van der Waals surface area contributed by atoms with Gasteiger partial charge in [0.25, 0.3) is 0 Å². The van der Waals surface area contributed by atoms with Crippen LogP contribution < -0.4 is 16.0 Å². The van der Waals surface area contributed by atoms with E-state index in [-0.39, 0.29) is 0 Å². The van der Waals surface area contributed by atoms with E-state index < -0.39 is 5.97 Å². The quantitative estimate of drug-likeness (QED) is 0.443. The average molecular weight is 210 g/mol. The lowest BCUT2D eigenvalue weighted by Crippen LogP contribution is -2.10. The van der Waals surface area contributed by atoms with Gasteiger partial charge in [0, 0.05) is 5.69 Å². The van der Waals surface area contributed by atoms with Crippen molar-refractivity contribution in [2.75, 3.05) is 19.1 Å². The van der Waals surface area contributed by atoms with Crippen LogP contribution in [0.4, 0.5) is 5.69 Å². The molecule has 0 unspecified atom stereocenters. The number of esters is 1. The SMILES string of the molecule is CCOC(=O)c1cc(NN)ccc1OC. The molecule has 1 rings (SSSR count). The number of hydrogen-bond acceptors (Lipinski definition) is 5. The maximum atomic E-state index is 11.5. The molecule has 0 aliphatic carbocycles. The minimum Gasteiger partial charge on any atom is -0.496 e. The fourth-order valence-corrected chi connectivity index (χ4v) is 1.17. The van der Waals surface area contributed by atoms with Crippen LogP contribution in [0, 0.1) is 0 Å². The molecule has 15 heavy (non-hydrogen) atoms. The molecule has 0 spiro atoms. The maximum absolute atomic E-state index is 11.5. The summed E-state index contributed by atoms with van der Waals surface area (Å²) in [6.45, 7) is 2.07.